The molecule has 2 heterocycles. The van der Waals surface area contributed by atoms with Crippen LogP contribution < -0.4 is 15.6 Å². The van der Waals surface area contributed by atoms with E-state index in [9.17, 15) is 9.90 Å². The van der Waals surface area contributed by atoms with Crippen LogP contribution in [0.5, 0.6) is 11.5 Å². The first-order chi connectivity index (χ1) is 12.2. The number of hydrazine groups is 1. The van der Waals surface area contributed by atoms with E-state index in [0.29, 0.717) is 12.2 Å². The molecule has 4 atom stereocenters. The molecule has 0 saturated carbocycles. The van der Waals surface area contributed by atoms with E-state index in [1.165, 1.54) is 7.11 Å². The summed E-state index contributed by atoms with van der Waals surface area (Å²) in [7, 11) is 1.52. The van der Waals surface area contributed by atoms with Gasteiger partial charge in [0.25, 0.3) is 0 Å². The number of hydrogen-bond acceptors (Lipinski definition) is 6. The predicted octanol–water partition coefficient (Wildman–Crippen LogP) is 2.22. The number of fused-ring (bicyclic) bond motifs is 1. The van der Waals surface area contributed by atoms with Crippen LogP contribution in [0.25, 0.3) is 0 Å². The van der Waals surface area contributed by atoms with Crippen LogP contribution >= 0.6 is 0 Å². The van der Waals surface area contributed by atoms with Crippen LogP contribution in [0.15, 0.2) is 48.5 Å². The molecule has 0 spiro atoms. The summed E-state index contributed by atoms with van der Waals surface area (Å²) in [6.07, 6.45) is -0.0989. The Labute approximate surface area is 145 Å². The Hall–Kier alpha value is -2.57. The number of phenolic OH excluding ortho intramolecular Hbond substituents is 1. The van der Waals surface area contributed by atoms with Crippen LogP contribution in [0.1, 0.15) is 29.5 Å². The minimum Gasteiger partial charge on any atom is -0.504 e. The average molecular weight is 340 g/mol. The van der Waals surface area contributed by atoms with Crippen LogP contribution in [0, 0.1) is 5.92 Å². The lowest BCUT2D eigenvalue weighted by Crippen LogP contribution is -2.42. The summed E-state index contributed by atoms with van der Waals surface area (Å²) in [6.45, 7) is 0. The molecule has 4 unspecified atom stereocenters. The molecule has 2 aromatic carbocycles. The standard InChI is InChI=1S/C19H20N2O4/c1-24-15-9-12(7-8-14(15)22)13-10-16(23)25-19-17(13)18(20-21-19)11-5-3-2-4-6-11/h2-9,13,17-22H,10H2,1H3. The number of benzene rings is 2. The van der Waals surface area contributed by atoms with E-state index in [2.05, 4.69) is 23.0 Å². The Balaban J connectivity index is 1.73. The molecule has 4 rings (SSSR count). The second-order valence-corrected chi connectivity index (χ2v) is 6.41. The summed E-state index contributed by atoms with van der Waals surface area (Å²) in [5.74, 6) is 0.246. The van der Waals surface area contributed by atoms with Gasteiger partial charge >= 0.3 is 5.97 Å². The molecule has 2 fully saturated rings. The van der Waals surface area contributed by atoms with Crippen molar-refractivity contribution in [3.8, 4) is 11.5 Å². The summed E-state index contributed by atoms with van der Waals surface area (Å²) in [4.78, 5) is 12.1. The van der Waals surface area contributed by atoms with Crippen molar-refractivity contribution in [1.82, 2.24) is 10.9 Å². The van der Waals surface area contributed by atoms with Gasteiger partial charge in [-0.1, -0.05) is 36.4 Å². The monoisotopic (exact) mass is 340 g/mol. The number of hydrogen-bond donors (Lipinski definition) is 3. The maximum atomic E-state index is 12.1. The highest BCUT2D eigenvalue weighted by atomic mass is 16.6. The largest absolute Gasteiger partial charge is 0.504 e. The quantitative estimate of drug-likeness (QED) is 0.744. The van der Waals surface area contributed by atoms with Crippen LogP contribution in [0.3, 0.4) is 0 Å². The lowest BCUT2D eigenvalue weighted by Gasteiger charge is -2.35. The molecule has 0 bridgehead atoms. The molecule has 0 radical (unpaired) electrons. The van der Waals surface area contributed by atoms with Gasteiger partial charge in [-0.25, -0.2) is 10.9 Å². The van der Waals surface area contributed by atoms with E-state index in [4.69, 9.17) is 9.47 Å². The van der Waals surface area contributed by atoms with Crippen molar-refractivity contribution in [2.75, 3.05) is 7.11 Å². The van der Waals surface area contributed by atoms with Gasteiger partial charge in [0.05, 0.1) is 19.6 Å². The summed E-state index contributed by atoms with van der Waals surface area (Å²) in [5.41, 5.74) is 8.46. The second kappa shape index (κ2) is 6.38. The average Bonchev–Trinajstić information content (AvgIpc) is 3.06. The molecular weight excluding hydrogens is 320 g/mol. The Kier molecular flexibility index (Phi) is 4.07. The number of aromatic hydroxyl groups is 1. The predicted molar refractivity (Wildman–Crippen MR) is 90.8 cm³/mol. The zero-order valence-corrected chi connectivity index (χ0v) is 13.8. The van der Waals surface area contributed by atoms with E-state index in [1.54, 1.807) is 12.1 Å². The smallest absolute Gasteiger partial charge is 0.308 e. The van der Waals surface area contributed by atoms with Gasteiger partial charge in [-0.15, -0.1) is 0 Å². The van der Waals surface area contributed by atoms with Gasteiger partial charge in [0.1, 0.15) is 0 Å². The molecule has 2 aliphatic rings. The fraction of sp³-hybridized carbons (Fsp3) is 0.316. The highest BCUT2D eigenvalue weighted by molar-refractivity contribution is 5.72. The third kappa shape index (κ3) is 2.83. The van der Waals surface area contributed by atoms with Crippen LogP contribution in [0.2, 0.25) is 0 Å². The first-order valence-corrected chi connectivity index (χ1v) is 8.30. The topological polar surface area (TPSA) is 79.8 Å². The molecule has 2 aliphatic heterocycles. The third-order valence-corrected chi connectivity index (χ3v) is 5.02. The highest BCUT2D eigenvalue weighted by Crippen LogP contribution is 2.46. The van der Waals surface area contributed by atoms with E-state index >= 15 is 0 Å². The Bertz CT molecular complexity index is 780. The number of rotatable bonds is 3. The molecule has 0 aliphatic carbocycles. The van der Waals surface area contributed by atoms with Crippen molar-refractivity contribution in [1.29, 1.82) is 0 Å². The summed E-state index contributed by atoms with van der Waals surface area (Å²) in [6, 6.07) is 15.4. The number of nitrogens with one attached hydrogen (secondary N) is 2. The molecule has 3 N–H and O–H groups in total. The van der Waals surface area contributed by atoms with Crippen LogP contribution in [0.4, 0.5) is 0 Å². The molecule has 6 nitrogen and oxygen atoms in total. The molecule has 25 heavy (non-hydrogen) atoms. The molecule has 6 heteroatoms. The van der Waals surface area contributed by atoms with Gasteiger partial charge in [0.2, 0.25) is 0 Å². The first kappa shape index (κ1) is 15.9. The second-order valence-electron chi connectivity index (χ2n) is 6.41. The van der Waals surface area contributed by atoms with Crippen molar-refractivity contribution in [3.05, 3.63) is 59.7 Å². The lowest BCUT2D eigenvalue weighted by molar-refractivity contribution is -0.160. The maximum Gasteiger partial charge on any atom is 0.308 e. The Morgan fingerprint density at radius 2 is 1.92 bits per heavy atom. The van der Waals surface area contributed by atoms with Gasteiger partial charge < -0.3 is 14.6 Å². The van der Waals surface area contributed by atoms with Crippen molar-refractivity contribution < 1.29 is 19.4 Å². The maximum absolute atomic E-state index is 12.1. The van der Waals surface area contributed by atoms with E-state index in [1.807, 2.05) is 24.3 Å². The van der Waals surface area contributed by atoms with Gasteiger partial charge in [0.15, 0.2) is 17.7 Å². The van der Waals surface area contributed by atoms with Gasteiger partial charge in [-0.05, 0) is 23.3 Å². The van der Waals surface area contributed by atoms with Crippen LogP contribution in [-0.4, -0.2) is 24.4 Å². The zero-order valence-electron chi connectivity index (χ0n) is 13.8. The summed E-state index contributed by atoms with van der Waals surface area (Å²) < 4.78 is 10.7. The number of phenols is 1. The Morgan fingerprint density at radius 3 is 2.68 bits per heavy atom. The molecule has 0 amide bonds. The highest BCUT2D eigenvalue weighted by Gasteiger charge is 2.48. The van der Waals surface area contributed by atoms with E-state index in [-0.39, 0.29) is 29.6 Å². The number of ether oxygens (including phenoxy) is 2. The van der Waals surface area contributed by atoms with Crippen LogP contribution in [-0.2, 0) is 9.53 Å². The van der Waals surface area contributed by atoms with Crippen molar-refractivity contribution in [2.24, 2.45) is 5.92 Å². The minimum atomic E-state index is -0.392. The molecule has 2 saturated heterocycles. The number of carbonyl (C=O) groups excluding carboxylic acids is 1. The molecule has 0 aromatic heterocycles. The summed E-state index contributed by atoms with van der Waals surface area (Å²) in [5, 5.41) is 9.86. The van der Waals surface area contributed by atoms with Crippen molar-refractivity contribution in [2.45, 2.75) is 24.6 Å². The molecule has 130 valence electrons. The molecule has 2 aromatic rings. The van der Waals surface area contributed by atoms with E-state index in [0.717, 1.165) is 11.1 Å². The number of methoxy groups -OCH3 is 1. The minimum absolute atomic E-state index is 0.0177. The Morgan fingerprint density at radius 1 is 1.12 bits per heavy atom. The zero-order chi connectivity index (χ0) is 17.4. The first-order valence-electron chi connectivity index (χ1n) is 8.30. The van der Waals surface area contributed by atoms with Gasteiger partial charge in [-0.2, -0.15) is 0 Å². The summed E-state index contributed by atoms with van der Waals surface area (Å²) >= 11 is 0. The fourth-order valence-electron chi connectivity index (χ4n) is 3.83. The van der Waals surface area contributed by atoms with Gasteiger partial charge in [0, 0.05) is 11.8 Å². The lowest BCUT2D eigenvalue weighted by atomic mass is 9.76. The third-order valence-electron chi connectivity index (χ3n) is 5.02. The normalized spacial score (nSPS) is 28.3. The number of carbonyl (C=O) groups is 1. The van der Waals surface area contributed by atoms with E-state index < -0.39 is 6.23 Å². The molecular formula is C19H20N2O4. The van der Waals surface area contributed by atoms with Crippen molar-refractivity contribution in [3.63, 3.8) is 0 Å². The number of esters is 1. The van der Waals surface area contributed by atoms with Crippen molar-refractivity contribution >= 4 is 5.97 Å². The SMILES string of the molecule is COc1cc(C2CC(=O)OC3NNC(c4ccccc4)C32)ccc1O. The fourth-order valence-corrected chi connectivity index (χ4v) is 3.83. The van der Waals surface area contributed by atoms with Gasteiger partial charge in [-0.3, -0.25) is 4.79 Å².